The second-order valence-electron chi connectivity index (χ2n) is 8.43. The molecule has 0 radical (unpaired) electrons. The van der Waals surface area contributed by atoms with Crippen molar-refractivity contribution in [3.05, 3.63) is 29.7 Å². The van der Waals surface area contributed by atoms with Gasteiger partial charge in [-0.25, -0.2) is 13.8 Å². The first-order chi connectivity index (χ1) is 13.7. The van der Waals surface area contributed by atoms with E-state index < -0.39 is 23.2 Å². The van der Waals surface area contributed by atoms with Crippen LogP contribution in [-0.4, -0.2) is 46.6 Å². The van der Waals surface area contributed by atoms with E-state index in [-0.39, 0.29) is 37.0 Å². The van der Waals surface area contributed by atoms with Crippen LogP contribution < -0.4 is 5.32 Å². The predicted octanol–water partition coefficient (Wildman–Crippen LogP) is 2.61. The Morgan fingerprint density at radius 1 is 1.24 bits per heavy atom. The van der Waals surface area contributed by atoms with Gasteiger partial charge in [0.1, 0.15) is 11.4 Å². The number of carbonyl (C=O) groups is 3. The Kier molecular flexibility index (Phi) is 3.81. The van der Waals surface area contributed by atoms with Gasteiger partial charge >= 0.3 is 0 Å². The van der Waals surface area contributed by atoms with Gasteiger partial charge < -0.3 is 9.32 Å². The molecule has 9 heteroatoms. The highest BCUT2D eigenvalue weighted by atomic mass is 19.3. The summed E-state index contributed by atoms with van der Waals surface area (Å²) in [4.78, 5) is 42.0. The molecule has 2 saturated heterocycles. The molecular formula is C20H19F2N3O4. The van der Waals surface area contributed by atoms with Gasteiger partial charge in [0.2, 0.25) is 23.6 Å². The number of alkyl halides is 2. The average Bonchev–Trinajstić information content (AvgIpc) is 3.19. The van der Waals surface area contributed by atoms with E-state index in [4.69, 9.17) is 4.42 Å². The number of amides is 3. The first-order valence-corrected chi connectivity index (χ1v) is 9.65. The highest BCUT2D eigenvalue weighted by molar-refractivity contribution is 6.01. The maximum Gasteiger partial charge on any atom is 0.254 e. The monoisotopic (exact) mass is 403 g/mol. The van der Waals surface area contributed by atoms with Crippen molar-refractivity contribution in [1.82, 2.24) is 15.2 Å². The molecule has 1 aromatic heterocycles. The number of fused-ring (bicyclic) bond motifs is 1. The SMILES string of the molecule is O=C1CCC(c2nc3ccc(C(=O)N4CC5(CCC(F)(F)C5)C4)cc3o2)C(=O)N1. The summed E-state index contributed by atoms with van der Waals surface area (Å²) in [6.45, 7) is 0.689. The largest absolute Gasteiger partial charge is 0.440 e. The minimum Gasteiger partial charge on any atom is -0.440 e. The molecule has 1 aromatic carbocycles. The zero-order valence-electron chi connectivity index (χ0n) is 15.5. The van der Waals surface area contributed by atoms with E-state index in [1.807, 2.05) is 0 Å². The number of halogens is 2. The van der Waals surface area contributed by atoms with Crippen LogP contribution in [0.3, 0.4) is 0 Å². The van der Waals surface area contributed by atoms with Crippen molar-refractivity contribution < 1.29 is 27.6 Å². The highest BCUT2D eigenvalue weighted by Crippen LogP contribution is 2.52. The van der Waals surface area contributed by atoms with Crippen LogP contribution in [0.15, 0.2) is 22.6 Å². The van der Waals surface area contributed by atoms with Crippen LogP contribution in [0.2, 0.25) is 0 Å². The number of carbonyl (C=O) groups excluding carboxylic acids is 3. The molecule has 1 N–H and O–H groups in total. The number of likely N-dealkylation sites (tertiary alicyclic amines) is 1. The first kappa shape index (κ1) is 18.2. The number of piperidine rings is 1. The van der Waals surface area contributed by atoms with E-state index in [0.717, 1.165) is 0 Å². The molecule has 5 rings (SSSR count). The van der Waals surface area contributed by atoms with Gasteiger partial charge in [0.25, 0.3) is 5.91 Å². The van der Waals surface area contributed by atoms with Crippen molar-refractivity contribution in [2.45, 2.75) is 43.9 Å². The lowest BCUT2D eigenvalue weighted by Gasteiger charge is -2.48. The summed E-state index contributed by atoms with van der Waals surface area (Å²) in [5.74, 6) is -4.04. The Morgan fingerprint density at radius 3 is 2.72 bits per heavy atom. The molecule has 152 valence electrons. The molecular weight excluding hydrogens is 384 g/mol. The fraction of sp³-hybridized carbons (Fsp3) is 0.500. The van der Waals surface area contributed by atoms with Crippen molar-refractivity contribution >= 4 is 28.8 Å². The smallest absolute Gasteiger partial charge is 0.254 e. The number of hydrogen-bond donors (Lipinski definition) is 1. The summed E-state index contributed by atoms with van der Waals surface area (Å²) < 4.78 is 32.7. The van der Waals surface area contributed by atoms with Crippen molar-refractivity contribution in [2.75, 3.05) is 13.1 Å². The fourth-order valence-corrected chi connectivity index (χ4v) is 4.69. The summed E-state index contributed by atoms with van der Waals surface area (Å²) in [5.41, 5.74) is 0.826. The Morgan fingerprint density at radius 2 is 2.03 bits per heavy atom. The molecule has 1 atom stereocenters. The molecule has 3 heterocycles. The molecule has 7 nitrogen and oxygen atoms in total. The summed E-state index contributed by atoms with van der Waals surface area (Å²) >= 11 is 0. The second kappa shape index (κ2) is 6.08. The number of hydrogen-bond acceptors (Lipinski definition) is 5. The third-order valence-electron chi connectivity index (χ3n) is 6.18. The van der Waals surface area contributed by atoms with E-state index >= 15 is 0 Å². The molecule has 2 aliphatic heterocycles. The van der Waals surface area contributed by atoms with Crippen LogP contribution in [0.5, 0.6) is 0 Å². The standard InChI is InChI=1S/C20H19F2N3O4/c21-20(22)6-5-19(8-20)9-25(10-19)18(28)11-1-3-13-14(7-11)29-17(23-13)12-2-4-15(26)24-16(12)27/h1,3,7,12H,2,4-6,8-10H2,(H,24,26,27). The molecule has 1 saturated carbocycles. The van der Waals surface area contributed by atoms with Gasteiger partial charge in [0.05, 0.1) is 0 Å². The van der Waals surface area contributed by atoms with E-state index in [1.165, 1.54) is 0 Å². The predicted molar refractivity (Wildman–Crippen MR) is 96.3 cm³/mol. The molecule has 3 fully saturated rings. The Hall–Kier alpha value is -2.84. The minimum absolute atomic E-state index is 0.109. The normalized spacial score (nSPS) is 25.3. The number of nitrogens with zero attached hydrogens (tertiary/aromatic N) is 2. The number of aromatic nitrogens is 1. The third kappa shape index (κ3) is 3.08. The van der Waals surface area contributed by atoms with Crippen molar-refractivity contribution in [2.24, 2.45) is 5.41 Å². The van der Waals surface area contributed by atoms with Crippen molar-refractivity contribution in [3.63, 3.8) is 0 Å². The van der Waals surface area contributed by atoms with Crippen molar-refractivity contribution in [3.8, 4) is 0 Å². The quantitative estimate of drug-likeness (QED) is 0.779. The molecule has 0 bridgehead atoms. The molecule has 3 aliphatic rings. The third-order valence-corrected chi connectivity index (χ3v) is 6.18. The fourth-order valence-electron chi connectivity index (χ4n) is 4.69. The van der Waals surface area contributed by atoms with Gasteiger partial charge in [0, 0.05) is 43.3 Å². The van der Waals surface area contributed by atoms with Gasteiger partial charge in [-0.3, -0.25) is 19.7 Å². The zero-order valence-corrected chi connectivity index (χ0v) is 15.5. The van der Waals surface area contributed by atoms with Crippen molar-refractivity contribution in [1.29, 1.82) is 0 Å². The van der Waals surface area contributed by atoms with Gasteiger partial charge in [-0.2, -0.15) is 0 Å². The van der Waals surface area contributed by atoms with Crippen LogP contribution in [-0.2, 0) is 9.59 Å². The lowest BCUT2D eigenvalue weighted by Crippen LogP contribution is -2.57. The van der Waals surface area contributed by atoms with Gasteiger partial charge in [-0.05, 0) is 31.0 Å². The summed E-state index contributed by atoms with van der Waals surface area (Å²) in [5, 5.41) is 2.27. The van der Waals surface area contributed by atoms with Gasteiger partial charge in [-0.15, -0.1) is 0 Å². The van der Waals surface area contributed by atoms with Gasteiger partial charge in [0.15, 0.2) is 5.58 Å². The minimum atomic E-state index is -2.62. The van der Waals surface area contributed by atoms with E-state index in [1.54, 1.807) is 23.1 Å². The Balaban J connectivity index is 1.32. The zero-order chi connectivity index (χ0) is 20.4. The number of oxazole rings is 1. The topological polar surface area (TPSA) is 92.5 Å². The molecule has 1 unspecified atom stereocenters. The molecule has 29 heavy (non-hydrogen) atoms. The molecule has 3 amide bonds. The molecule has 1 aliphatic carbocycles. The Bertz CT molecular complexity index is 1040. The van der Waals surface area contributed by atoms with E-state index in [2.05, 4.69) is 10.3 Å². The van der Waals surface area contributed by atoms with E-state index in [9.17, 15) is 23.2 Å². The van der Waals surface area contributed by atoms with Crippen LogP contribution in [0.1, 0.15) is 54.3 Å². The van der Waals surface area contributed by atoms with Crippen LogP contribution in [0.25, 0.3) is 11.1 Å². The Labute approximate surface area is 164 Å². The van der Waals surface area contributed by atoms with Crippen LogP contribution in [0, 0.1) is 5.41 Å². The number of imide groups is 1. The summed E-state index contributed by atoms with van der Waals surface area (Å²) in [7, 11) is 0. The molecule has 1 spiro atoms. The lowest BCUT2D eigenvalue weighted by molar-refractivity contribution is -0.134. The number of rotatable bonds is 2. The second-order valence-corrected chi connectivity index (χ2v) is 8.43. The first-order valence-electron chi connectivity index (χ1n) is 9.65. The maximum atomic E-state index is 13.5. The average molecular weight is 403 g/mol. The number of nitrogens with one attached hydrogen (secondary N) is 1. The highest BCUT2D eigenvalue weighted by Gasteiger charge is 2.56. The number of benzene rings is 1. The summed E-state index contributed by atoms with van der Waals surface area (Å²) in [6.07, 6.45) is 0.723. The maximum absolute atomic E-state index is 13.5. The van der Waals surface area contributed by atoms with Crippen LogP contribution in [0.4, 0.5) is 8.78 Å². The van der Waals surface area contributed by atoms with Gasteiger partial charge in [-0.1, -0.05) is 0 Å². The van der Waals surface area contributed by atoms with Crippen LogP contribution >= 0.6 is 0 Å². The lowest BCUT2D eigenvalue weighted by atomic mass is 9.78. The summed E-state index contributed by atoms with van der Waals surface area (Å²) in [6, 6.07) is 4.82. The molecule has 2 aromatic rings. The van der Waals surface area contributed by atoms with E-state index in [0.29, 0.717) is 42.6 Å².